The van der Waals surface area contributed by atoms with Gasteiger partial charge in [-0.25, -0.2) is 0 Å². The van der Waals surface area contributed by atoms with Crippen molar-refractivity contribution >= 4 is 17.4 Å². The number of aliphatic hydroxyl groups excluding tert-OH is 1. The van der Waals surface area contributed by atoms with Crippen LogP contribution in [0.4, 0.5) is 0 Å². The lowest BCUT2D eigenvalue weighted by Crippen LogP contribution is -3.06. The molecule has 176 valence electrons. The number of Topliss-reactive ketones (excluding diaryl/α,β-unsaturated/α-hetero) is 1. The monoisotopic (exact) mass is 455 g/mol. The van der Waals surface area contributed by atoms with Gasteiger partial charge in [0, 0.05) is 5.56 Å². The largest absolute Gasteiger partial charge is 0.507 e. The van der Waals surface area contributed by atoms with E-state index in [1.807, 2.05) is 21.0 Å². The first-order chi connectivity index (χ1) is 15.7. The number of methoxy groups -OCH3 is 1. The molecule has 1 fully saturated rings. The van der Waals surface area contributed by atoms with Crippen LogP contribution in [-0.2, 0) is 9.59 Å². The zero-order valence-electron chi connectivity index (χ0n) is 19.6. The van der Waals surface area contributed by atoms with Crippen LogP contribution in [0.3, 0.4) is 0 Å². The van der Waals surface area contributed by atoms with Crippen LogP contribution >= 0.6 is 0 Å². The number of phenols is 1. The number of aromatic hydroxyl groups is 1. The third-order valence-corrected chi connectivity index (χ3v) is 5.66. The summed E-state index contributed by atoms with van der Waals surface area (Å²) in [5.74, 6) is -0.808. The number of carbonyl (C=O) groups is 2. The van der Waals surface area contributed by atoms with Crippen molar-refractivity contribution in [2.75, 3.05) is 40.9 Å². The van der Waals surface area contributed by atoms with Gasteiger partial charge in [0.05, 0.1) is 52.5 Å². The van der Waals surface area contributed by atoms with E-state index in [9.17, 15) is 19.8 Å². The summed E-state index contributed by atoms with van der Waals surface area (Å²) in [7, 11) is 5.47. The van der Waals surface area contributed by atoms with Crippen LogP contribution in [0, 0.1) is 6.92 Å². The standard InChI is InChI=1S/C25H30N2O6/c1-6-33-20-14-16(7-9-18(20)28)22-21(24(30)25(31)27(22)12-11-26(3)4)23(29)17-8-10-19(32-5)15(2)13-17/h7-10,13-14,22,28-29H,6,11-12H2,1-5H3/p+1. The number of benzene rings is 2. The Morgan fingerprint density at radius 1 is 1.12 bits per heavy atom. The Morgan fingerprint density at radius 3 is 2.45 bits per heavy atom. The summed E-state index contributed by atoms with van der Waals surface area (Å²) in [6.45, 7) is 4.90. The zero-order valence-corrected chi connectivity index (χ0v) is 19.6. The minimum Gasteiger partial charge on any atom is -0.507 e. The number of amides is 1. The lowest BCUT2D eigenvalue weighted by Gasteiger charge is -2.26. The maximum Gasteiger partial charge on any atom is 0.295 e. The third-order valence-electron chi connectivity index (χ3n) is 5.66. The molecule has 0 spiro atoms. The molecule has 3 rings (SSSR count). The van der Waals surface area contributed by atoms with Gasteiger partial charge in [0.1, 0.15) is 11.5 Å². The number of aryl methyl sites for hydroxylation is 1. The maximum absolute atomic E-state index is 13.1. The summed E-state index contributed by atoms with van der Waals surface area (Å²) in [5.41, 5.74) is 1.77. The number of hydrogen-bond acceptors (Lipinski definition) is 6. The molecule has 1 unspecified atom stereocenters. The summed E-state index contributed by atoms with van der Waals surface area (Å²) >= 11 is 0. The van der Waals surface area contributed by atoms with Gasteiger partial charge in [0.25, 0.3) is 11.7 Å². The average Bonchev–Trinajstić information content (AvgIpc) is 3.03. The molecule has 2 aromatic carbocycles. The minimum absolute atomic E-state index is 0.00598. The molecular formula is C25H31N2O6+. The molecule has 0 aromatic heterocycles. The lowest BCUT2D eigenvalue weighted by molar-refractivity contribution is -0.857. The fourth-order valence-electron chi connectivity index (χ4n) is 3.95. The van der Waals surface area contributed by atoms with Crippen molar-refractivity contribution in [1.29, 1.82) is 0 Å². The van der Waals surface area contributed by atoms with Gasteiger partial charge in [-0.15, -0.1) is 0 Å². The molecule has 3 N–H and O–H groups in total. The number of hydrogen-bond donors (Lipinski definition) is 3. The van der Waals surface area contributed by atoms with Crippen molar-refractivity contribution in [3.05, 3.63) is 58.7 Å². The van der Waals surface area contributed by atoms with Crippen LogP contribution in [0.2, 0.25) is 0 Å². The highest BCUT2D eigenvalue weighted by atomic mass is 16.5. The van der Waals surface area contributed by atoms with Crippen LogP contribution in [0.1, 0.15) is 29.7 Å². The van der Waals surface area contributed by atoms with Gasteiger partial charge >= 0.3 is 0 Å². The molecule has 8 nitrogen and oxygen atoms in total. The molecule has 1 amide bonds. The van der Waals surface area contributed by atoms with E-state index in [0.717, 1.165) is 10.5 Å². The highest BCUT2D eigenvalue weighted by Crippen LogP contribution is 2.41. The van der Waals surface area contributed by atoms with E-state index in [1.54, 1.807) is 44.4 Å². The second kappa shape index (κ2) is 9.95. The van der Waals surface area contributed by atoms with Gasteiger partial charge in [-0.3, -0.25) is 9.59 Å². The topological polar surface area (TPSA) is 101 Å². The Kier molecular flexibility index (Phi) is 7.28. The second-order valence-electron chi connectivity index (χ2n) is 8.29. The molecule has 0 bridgehead atoms. The fraction of sp³-hybridized carbons (Fsp3) is 0.360. The first-order valence-corrected chi connectivity index (χ1v) is 10.9. The van der Waals surface area contributed by atoms with Crippen molar-refractivity contribution in [2.45, 2.75) is 19.9 Å². The van der Waals surface area contributed by atoms with Gasteiger partial charge in [-0.1, -0.05) is 6.07 Å². The molecular weight excluding hydrogens is 424 g/mol. The normalized spacial score (nSPS) is 17.6. The smallest absolute Gasteiger partial charge is 0.295 e. The number of aliphatic hydroxyl groups is 1. The van der Waals surface area contributed by atoms with Crippen molar-refractivity contribution in [1.82, 2.24) is 4.90 Å². The fourth-order valence-corrected chi connectivity index (χ4v) is 3.95. The Bertz CT molecular complexity index is 1090. The number of likely N-dealkylation sites (N-methyl/N-ethyl adjacent to an activating group) is 1. The predicted molar refractivity (Wildman–Crippen MR) is 124 cm³/mol. The Balaban J connectivity index is 2.18. The first-order valence-electron chi connectivity index (χ1n) is 10.9. The summed E-state index contributed by atoms with van der Waals surface area (Å²) in [6, 6.07) is 8.97. The summed E-state index contributed by atoms with van der Waals surface area (Å²) < 4.78 is 10.8. The van der Waals surface area contributed by atoms with E-state index in [0.29, 0.717) is 36.6 Å². The number of nitrogens with one attached hydrogen (secondary N) is 1. The number of ketones is 1. The molecule has 0 aliphatic carbocycles. The van der Waals surface area contributed by atoms with Crippen LogP contribution in [0.5, 0.6) is 17.2 Å². The highest BCUT2D eigenvalue weighted by Gasteiger charge is 2.46. The van der Waals surface area contributed by atoms with Crippen molar-refractivity contribution in [2.24, 2.45) is 0 Å². The highest BCUT2D eigenvalue weighted by molar-refractivity contribution is 6.46. The van der Waals surface area contributed by atoms with Crippen LogP contribution in [0.25, 0.3) is 5.76 Å². The molecule has 8 heteroatoms. The van der Waals surface area contributed by atoms with Gasteiger partial charge < -0.3 is 29.5 Å². The summed E-state index contributed by atoms with van der Waals surface area (Å²) in [5, 5.41) is 21.3. The maximum atomic E-state index is 13.1. The summed E-state index contributed by atoms with van der Waals surface area (Å²) in [4.78, 5) is 28.7. The molecule has 1 aliphatic rings. The zero-order chi connectivity index (χ0) is 24.3. The number of phenolic OH excluding ortho intramolecular Hbond substituents is 1. The Labute approximate surface area is 193 Å². The number of likely N-dealkylation sites (tertiary alicyclic amines) is 1. The van der Waals surface area contributed by atoms with E-state index in [-0.39, 0.29) is 22.8 Å². The predicted octanol–water partition coefficient (Wildman–Crippen LogP) is 1.67. The number of rotatable bonds is 8. The average molecular weight is 456 g/mol. The molecule has 0 radical (unpaired) electrons. The Morgan fingerprint density at radius 2 is 1.85 bits per heavy atom. The first kappa shape index (κ1) is 24.1. The number of quaternary nitrogens is 1. The van der Waals surface area contributed by atoms with Crippen LogP contribution in [-0.4, -0.2) is 67.7 Å². The molecule has 1 aliphatic heterocycles. The van der Waals surface area contributed by atoms with Crippen molar-refractivity contribution in [3.8, 4) is 17.2 Å². The summed E-state index contributed by atoms with van der Waals surface area (Å²) in [6.07, 6.45) is 0. The molecule has 1 saturated heterocycles. The van der Waals surface area contributed by atoms with E-state index < -0.39 is 17.7 Å². The van der Waals surface area contributed by atoms with E-state index in [4.69, 9.17) is 9.47 Å². The molecule has 2 aromatic rings. The van der Waals surface area contributed by atoms with E-state index in [2.05, 4.69) is 0 Å². The van der Waals surface area contributed by atoms with Gasteiger partial charge in [-0.05, 0) is 55.3 Å². The lowest BCUT2D eigenvalue weighted by atomic mass is 9.94. The quantitative estimate of drug-likeness (QED) is 0.318. The SMILES string of the molecule is CCOc1cc(C2C(=C(O)c3ccc(OC)c(C)c3)C(=O)C(=O)N2CC[NH+](C)C)ccc1O. The van der Waals surface area contributed by atoms with Crippen molar-refractivity contribution < 1.29 is 34.2 Å². The number of nitrogens with zero attached hydrogens (tertiary/aromatic N) is 1. The van der Waals surface area contributed by atoms with Crippen molar-refractivity contribution in [3.63, 3.8) is 0 Å². The van der Waals surface area contributed by atoms with Gasteiger partial charge in [0.15, 0.2) is 11.5 Å². The minimum atomic E-state index is -0.813. The van der Waals surface area contributed by atoms with Gasteiger partial charge in [-0.2, -0.15) is 0 Å². The third kappa shape index (κ3) is 4.80. The van der Waals surface area contributed by atoms with E-state index in [1.165, 1.54) is 11.0 Å². The number of carbonyl (C=O) groups excluding carboxylic acids is 2. The Hall–Kier alpha value is -3.52. The van der Waals surface area contributed by atoms with Crippen LogP contribution in [0.15, 0.2) is 42.0 Å². The van der Waals surface area contributed by atoms with E-state index >= 15 is 0 Å². The second-order valence-corrected chi connectivity index (χ2v) is 8.29. The molecule has 1 atom stereocenters. The molecule has 0 saturated carbocycles. The molecule has 1 heterocycles. The molecule has 33 heavy (non-hydrogen) atoms. The van der Waals surface area contributed by atoms with Crippen LogP contribution < -0.4 is 14.4 Å². The van der Waals surface area contributed by atoms with Gasteiger partial charge in [0.2, 0.25) is 0 Å². The number of ether oxygens (including phenoxy) is 2.